The number of nitrogens with zero attached hydrogens (tertiary/aromatic N) is 2. The fraction of sp³-hybridized carbons (Fsp3) is 0.533. The summed E-state index contributed by atoms with van der Waals surface area (Å²) < 4.78 is 0. The number of carbonyl (C=O) groups is 2. The summed E-state index contributed by atoms with van der Waals surface area (Å²) in [6, 6.07) is 3.64. The van der Waals surface area contributed by atoms with E-state index in [1.54, 1.807) is 18.5 Å². The van der Waals surface area contributed by atoms with Gasteiger partial charge in [0, 0.05) is 25.4 Å². The fourth-order valence-corrected chi connectivity index (χ4v) is 2.70. The maximum absolute atomic E-state index is 12.3. The molecule has 1 fully saturated rings. The number of aliphatic carboxylic acids is 1. The SMILES string of the molecule is O=C(O)CN(Cc1cccnc1)C(=O)CC1CCCC1. The molecule has 1 aliphatic rings. The summed E-state index contributed by atoms with van der Waals surface area (Å²) in [6.07, 6.45) is 8.31. The van der Waals surface area contributed by atoms with Gasteiger partial charge in [-0.15, -0.1) is 0 Å². The van der Waals surface area contributed by atoms with Crippen LogP contribution in [-0.4, -0.2) is 33.4 Å². The largest absolute Gasteiger partial charge is 0.480 e. The Morgan fingerprint density at radius 1 is 1.35 bits per heavy atom. The van der Waals surface area contributed by atoms with Gasteiger partial charge >= 0.3 is 5.97 Å². The van der Waals surface area contributed by atoms with Crippen LogP contribution in [0.1, 0.15) is 37.7 Å². The van der Waals surface area contributed by atoms with Crippen molar-refractivity contribution < 1.29 is 14.7 Å². The van der Waals surface area contributed by atoms with E-state index >= 15 is 0 Å². The average molecular weight is 276 g/mol. The Morgan fingerprint density at radius 2 is 2.10 bits per heavy atom. The van der Waals surface area contributed by atoms with E-state index in [-0.39, 0.29) is 12.5 Å². The van der Waals surface area contributed by atoms with Gasteiger partial charge in [-0.3, -0.25) is 14.6 Å². The minimum absolute atomic E-state index is 0.0665. The van der Waals surface area contributed by atoms with Gasteiger partial charge in [-0.25, -0.2) is 0 Å². The normalized spacial score (nSPS) is 15.2. The van der Waals surface area contributed by atoms with Gasteiger partial charge in [0.05, 0.1) is 0 Å². The van der Waals surface area contributed by atoms with E-state index in [9.17, 15) is 9.59 Å². The van der Waals surface area contributed by atoms with Crippen molar-refractivity contribution in [2.45, 2.75) is 38.6 Å². The molecule has 0 bridgehead atoms. The molecule has 1 N–H and O–H groups in total. The minimum atomic E-state index is -0.978. The van der Waals surface area contributed by atoms with E-state index in [2.05, 4.69) is 4.98 Å². The summed E-state index contributed by atoms with van der Waals surface area (Å²) in [6.45, 7) is 0.0616. The molecule has 0 unspecified atom stereocenters. The first-order chi connectivity index (χ1) is 9.65. The molecule has 0 aromatic carbocycles. The number of aromatic nitrogens is 1. The zero-order valence-corrected chi connectivity index (χ0v) is 11.5. The maximum Gasteiger partial charge on any atom is 0.323 e. The Kier molecular flexibility index (Phi) is 5.09. The summed E-state index contributed by atoms with van der Waals surface area (Å²) in [5.74, 6) is -0.621. The number of carboxylic acid groups (broad SMARTS) is 1. The highest BCUT2D eigenvalue weighted by atomic mass is 16.4. The van der Waals surface area contributed by atoms with Crippen LogP contribution < -0.4 is 0 Å². The first kappa shape index (κ1) is 14.5. The van der Waals surface area contributed by atoms with E-state index in [0.717, 1.165) is 18.4 Å². The lowest BCUT2D eigenvalue weighted by atomic mass is 10.0. The molecule has 108 valence electrons. The van der Waals surface area contributed by atoms with Crippen molar-refractivity contribution in [3.8, 4) is 0 Å². The van der Waals surface area contributed by atoms with E-state index in [4.69, 9.17) is 5.11 Å². The first-order valence-corrected chi connectivity index (χ1v) is 7.03. The molecule has 1 aromatic heterocycles. The summed E-state index contributed by atoms with van der Waals surface area (Å²) >= 11 is 0. The third-order valence-electron chi connectivity index (χ3n) is 3.71. The van der Waals surface area contributed by atoms with E-state index in [1.165, 1.54) is 17.7 Å². The number of hydrogen-bond donors (Lipinski definition) is 1. The topological polar surface area (TPSA) is 70.5 Å². The molecule has 5 heteroatoms. The molecular formula is C15H20N2O3. The summed E-state index contributed by atoms with van der Waals surface area (Å²) in [5.41, 5.74) is 0.855. The quantitative estimate of drug-likeness (QED) is 0.863. The number of pyridine rings is 1. The molecule has 0 atom stereocenters. The van der Waals surface area contributed by atoms with Gasteiger partial charge in [-0.05, 0) is 30.4 Å². The van der Waals surface area contributed by atoms with Gasteiger partial charge in [0.25, 0.3) is 0 Å². The Hall–Kier alpha value is -1.91. The predicted molar refractivity (Wildman–Crippen MR) is 73.9 cm³/mol. The molecule has 2 rings (SSSR count). The molecule has 0 aliphatic heterocycles. The average Bonchev–Trinajstić information content (AvgIpc) is 2.91. The zero-order chi connectivity index (χ0) is 14.4. The second-order valence-electron chi connectivity index (χ2n) is 5.36. The molecule has 1 amide bonds. The molecule has 0 spiro atoms. The van der Waals surface area contributed by atoms with Crippen molar-refractivity contribution in [3.05, 3.63) is 30.1 Å². The van der Waals surface area contributed by atoms with Crippen molar-refractivity contribution in [1.82, 2.24) is 9.88 Å². The van der Waals surface area contributed by atoms with Crippen LogP contribution >= 0.6 is 0 Å². The van der Waals surface area contributed by atoms with Crippen LogP contribution in [0.2, 0.25) is 0 Å². The number of rotatable bonds is 6. The van der Waals surface area contributed by atoms with Gasteiger partial charge in [0.1, 0.15) is 6.54 Å². The van der Waals surface area contributed by atoms with Crippen molar-refractivity contribution in [3.63, 3.8) is 0 Å². The van der Waals surface area contributed by atoms with Crippen LogP contribution in [0.25, 0.3) is 0 Å². The molecular weight excluding hydrogens is 256 g/mol. The summed E-state index contributed by atoms with van der Waals surface area (Å²) in [5, 5.41) is 8.96. The second-order valence-corrected chi connectivity index (χ2v) is 5.36. The molecule has 1 aromatic rings. The predicted octanol–water partition coefficient (Wildman–Crippen LogP) is 2.08. The van der Waals surface area contributed by atoms with Crippen LogP contribution in [-0.2, 0) is 16.1 Å². The van der Waals surface area contributed by atoms with Crippen molar-refractivity contribution >= 4 is 11.9 Å². The number of hydrogen-bond acceptors (Lipinski definition) is 3. The van der Waals surface area contributed by atoms with Crippen LogP contribution in [0.3, 0.4) is 0 Å². The molecule has 1 saturated carbocycles. The molecule has 0 saturated heterocycles. The standard InChI is InChI=1S/C15H20N2O3/c18-14(8-12-4-1-2-5-12)17(11-15(19)20)10-13-6-3-7-16-9-13/h3,6-7,9,12H,1-2,4-5,8,10-11H2,(H,19,20). The first-order valence-electron chi connectivity index (χ1n) is 7.03. The zero-order valence-electron chi connectivity index (χ0n) is 11.5. The Morgan fingerprint density at radius 3 is 2.70 bits per heavy atom. The summed E-state index contributed by atoms with van der Waals surface area (Å²) in [4.78, 5) is 28.6. The lowest BCUT2D eigenvalue weighted by Gasteiger charge is -2.22. The fourth-order valence-electron chi connectivity index (χ4n) is 2.70. The van der Waals surface area contributed by atoms with Gasteiger partial charge in [-0.1, -0.05) is 18.9 Å². The second kappa shape index (κ2) is 7.03. The van der Waals surface area contributed by atoms with E-state index < -0.39 is 5.97 Å². The Labute approximate surface area is 118 Å². The number of carboxylic acids is 1. The molecule has 0 radical (unpaired) electrons. The highest BCUT2D eigenvalue weighted by Gasteiger charge is 2.23. The lowest BCUT2D eigenvalue weighted by Crippen LogP contribution is -2.36. The number of carbonyl (C=O) groups excluding carboxylic acids is 1. The molecule has 1 aliphatic carbocycles. The Bertz CT molecular complexity index is 455. The van der Waals surface area contributed by atoms with Crippen LogP contribution in [0, 0.1) is 5.92 Å². The highest BCUT2D eigenvalue weighted by Crippen LogP contribution is 2.28. The number of amides is 1. The molecule has 20 heavy (non-hydrogen) atoms. The Balaban J connectivity index is 1.98. The van der Waals surface area contributed by atoms with Gasteiger partial charge < -0.3 is 10.0 Å². The lowest BCUT2D eigenvalue weighted by molar-refractivity contribution is -0.145. The smallest absolute Gasteiger partial charge is 0.323 e. The molecule has 5 nitrogen and oxygen atoms in total. The maximum atomic E-state index is 12.3. The highest BCUT2D eigenvalue weighted by molar-refractivity contribution is 5.81. The monoisotopic (exact) mass is 276 g/mol. The van der Waals surface area contributed by atoms with Crippen LogP contribution in [0.4, 0.5) is 0 Å². The van der Waals surface area contributed by atoms with Crippen molar-refractivity contribution in [2.24, 2.45) is 5.92 Å². The third-order valence-corrected chi connectivity index (χ3v) is 3.71. The van der Waals surface area contributed by atoms with E-state index in [1.807, 2.05) is 6.07 Å². The van der Waals surface area contributed by atoms with Gasteiger partial charge in [0.15, 0.2) is 0 Å². The summed E-state index contributed by atoms with van der Waals surface area (Å²) in [7, 11) is 0. The minimum Gasteiger partial charge on any atom is -0.480 e. The van der Waals surface area contributed by atoms with Crippen molar-refractivity contribution in [2.75, 3.05) is 6.54 Å². The van der Waals surface area contributed by atoms with Gasteiger partial charge in [-0.2, -0.15) is 0 Å². The molecule has 1 heterocycles. The van der Waals surface area contributed by atoms with Crippen LogP contribution in [0.15, 0.2) is 24.5 Å². The van der Waals surface area contributed by atoms with Crippen molar-refractivity contribution in [1.29, 1.82) is 0 Å². The van der Waals surface area contributed by atoms with E-state index in [0.29, 0.717) is 18.9 Å². The third kappa shape index (κ3) is 4.33. The van der Waals surface area contributed by atoms with Crippen LogP contribution in [0.5, 0.6) is 0 Å². The van der Waals surface area contributed by atoms with Gasteiger partial charge in [0.2, 0.25) is 5.91 Å².